The van der Waals surface area contributed by atoms with Crippen LogP contribution in [0.15, 0.2) is 24.3 Å². The smallest absolute Gasteiger partial charge is 0.444 e. The van der Waals surface area contributed by atoms with Crippen LogP contribution in [0.5, 0.6) is 0 Å². The Morgan fingerprint density at radius 3 is 2.23 bits per heavy atom. The van der Waals surface area contributed by atoms with E-state index in [9.17, 15) is 4.79 Å². The van der Waals surface area contributed by atoms with E-state index in [1.165, 1.54) is 0 Å². The van der Waals surface area contributed by atoms with Crippen molar-refractivity contribution in [2.45, 2.75) is 78.7 Å². The molecule has 0 bridgehead atoms. The first-order valence-corrected chi connectivity index (χ1v) is 9.27. The summed E-state index contributed by atoms with van der Waals surface area (Å²) in [4.78, 5) is 14.0. The summed E-state index contributed by atoms with van der Waals surface area (Å²) in [5.74, 6) is 0. The highest BCUT2D eigenvalue weighted by molar-refractivity contribution is 6.62. The average Bonchev–Trinajstić information content (AvgIpc) is 2.71. The van der Waals surface area contributed by atoms with E-state index in [-0.39, 0.29) is 17.3 Å². The summed E-state index contributed by atoms with van der Waals surface area (Å²) in [6, 6.07) is 8.00. The summed E-state index contributed by atoms with van der Waals surface area (Å²) in [7, 11) is -0.406. The number of ether oxygens (including phenoxy) is 1. The van der Waals surface area contributed by atoms with Gasteiger partial charge in [0.1, 0.15) is 5.60 Å². The Morgan fingerprint density at radius 2 is 1.73 bits per heavy atom. The Morgan fingerprint density at radius 1 is 1.15 bits per heavy atom. The summed E-state index contributed by atoms with van der Waals surface area (Å²) in [5, 5.41) is 0. The summed E-state index contributed by atoms with van der Waals surface area (Å²) in [5.41, 5.74) is 0.722. The lowest BCUT2D eigenvalue weighted by Crippen LogP contribution is -2.41. The van der Waals surface area contributed by atoms with Gasteiger partial charge in [-0.15, -0.1) is 0 Å². The number of hydrogen-bond acceptors (Lipinski definition) is 4. The Hall–Kier alpha value is -1.53. The standard InChI is InChI=1S/C20H32BNO4/c1-9-22(17(23)24-18(2,3)4)14-15-11-10-12-16(13-15)21-25-19(5,6)20(7,8)26-21/h10-13H,9,14H2,1-8H3. The highest BCUT2D eigenvalue weighted by Crippen LogP contribution is 2.36. The molecule has 0 spiro atoms. The van der Waals surface area contributed by atoms with Gasteiger partial charge in [-0.25, -0.2) is 4.79 Å². The molecule has 144 valence electrons. The Balaban J connectivity index is 2.13. The molecule has 5 nitrogen and oxygen atoms in total. The second kappa shape index (κ2) is 7.24. The number of rotatable bonds is 4. The van der Waals surface area contributed by atoms with Crippen LogP contribution in [0.25, 0.3) is 0 Å². The van der Waals surface area contributed by atoms with Crippen molar-refractivity contribution >= 4 is 18.7 Å². The first kappa shape index (κ1) is 20.8. The van der Waals surface area contributed by atoms with E-state index in [2.05, 4.69) is 0 Å². The molecule has 0 N–H and O–H groups in total. The van der Waals surface area contributed by atoms with Crippen molar-refractivity contribution in [2.75, 3.05) is 6.54 Å². The summed E-state index contributed by atoms with van der Waals surface area (Å²) < 4.78 is 17.7. The second-order valence-electron chi connectivity index (χ2n) is 8.83. The van der Waals surface area contributed by atoms with Crippen molar-refractivity contribution in [1.29, 1.82) is 0 Å². The predicted octanol–water partition coefficient (Wildman–Crippen LogP) is 3.74. The highest BCUT2D eigenvalue weighted by Gasteiger charge is 2.51. The van der Waals surface area contributed by atoms with E-state index in [0.717, 1.165) is 11.0 Å². The van der Waals surface area contributed by atoms with Crippen LogP contribution < -0.4 is 5.46 Å². The van der Waals surface area contributed by atoms with Crippen molar-refractivity contribution in [3.05, 3.63) is 29.8 Å². The molecule has 0 aliphatic carbocycles. The van der Waals surface area contributed by atoms with Gasteiger partial charge in [0, 0.05) is 13.1 Å². The third kappa shape index (κ3) is 4.80. The van der Waals surface area contributed by atoms with Crippen LogP contribution in [0.1, 0.15) is 61.0 Å². The zero-order valence-corrected chi connectivity index (χ0v) is 17.4. The molecule has 1 aliphatic heterocycles. The topological polar surface area (TPSA) is 48.0 Å². The van der Waals surface area contributed by atoms with Gasteiger partial charge in [0.05, 0.1) is 11.2 Å². The lowest BCUT2D eigenvalue weighted by atomic mass is 9.78. The van der Waals surface area contributed by atoms with Crippen molar-refractivity contribution < 1.29 is 18.8 Å². The molecule has 1 fully saturated rings. The van der Waals surface area contributed by atoms with E-state index in [0.29, 0.717) is 13.1 Å². The highest BCUT2D eigenvalue weighted by atomic mass is 16.7. The van der Waals surface area contributed by atoms with E-state index in [1.807, 2.05) is 79.7 Å². The minimum atomic E-state index is -0.505. The molecule has 0 atom stereocenters. The molecule has 1 saturated heterocycles. The minimum absolute atomic E-state index is 0.305. The monoisotopic (exact) mass is 361 g/mol. The van der Waals surface area contributed by atoms with Crippen molar-refractivity contribution in [2.24, 2.45) is 0 Å². The first-order chi connectivity index (χ1) is 11.8. The molecule has 2 rings (SSSR count). The molecule has 1 aromatic carbocycles. The van der Waals surface area contributed by atoms with Gasteiger partial charge >= 0.3 is 13.2 Å². The molecule has 26 heavy (non-hydrogen) atoms. The van der Waals surface area contributed by atoms with Crippen molar-refractivity contribution in [3.8, 4) is 0 Å². The number of carbonyl (C=O) groups is 1. The van der Waals surface area contributed by atoms with Gasteiger partial charge in [0.15, 0.2) is 0 Å². The summed E-state index contributed by atoms with van der Waals surface area (Å²) >= 11 is 0. The van der Waals surface area contributed by atoms with Crippen LogP contribution in [0.3, 0.4) is 0 Å². The van der Waals surface area contributed by atoms with Crippen LogP contribution in [-0.2, 0) is 20.6 Å². The van der Waals surface area contributed by atoms with Crippen LogP contribution in [0.2, 0.25) is 0 Å². The summed E-state index contributed by atoms with van der Waals surface area (Å²) in [6.07, 6.45) is -0.305. The molecule has 0 aromatic heterocycles. The van der Waals surface area contributed by atoms with Gasteiger partial charge in [-0.3, -0.25) is 0 Å². The first-order valence-electron chi connectivity index (χ1n) is 9.27. The van der Waals surface area contributed by atoms with Gasteiger partial charge in [0.25, 0.3) is 0 Å². The van der Waals surface area contributed by atoms with E-state index in [1.54, 1.807) is 4.90 Å². The molecule has 0 unspecified atom stereocenters. The van der Waals surface area contributed by atoms with E-state index >= 15 is 0 Å². The quantitative estimate of drug-likeness (QED) is 0.767. The molecule has 1 amide bonds. The Bertz CT molecular complexity index is 635. The maximum absolute atomic E-state index is 12.4. The fourth-order valence-electron chi connectivity index (χ4n) is 2.67. The lowest BCUT2D eigenvalue weighted by Gasteiger charge is -2.32. The maximum atomic E-state index is 12.4. The summed E-state index contributed by atoms with van der Waals surface area (Å²) in [6.45, 7) is 16.8. The van der Waals surface area contributed by atoms with Gasteiger partial charge < -0.3 is 18.9 Å². The fourth-order valence-corrected chi connectivity index (χ4v) is 2.67. The van der Waals surface area contributed by atoms with Crippen LogP contribution >= 0.6 is 0 Å². The molecule has 1 aromatic rings. The lowest BCUT2D eigenvalue weighted by molar-refractivity contribution is 0.00578. The largest absolute Gasteiger partial charge is 0.494 e. The molecule has 1 heterocycles. The molecule has 1 aliphatic rings. The number of carbonyl (C=O) groups excluding carboxylic acids is 1. The molecular weight excluding hydrogens is 329 g/mol. The zero-order chi connectivity index (χ0) is 19.8. The molecule has 0 saturated carbocycles. The molecular formula is C20H32BNO4. The molecule has 0 radical (unpaired) electrons. The normalized spacial score (nSPS) is 18.7. The second-order valence-corrected chi connectivity index (χ2v) is 8.83. The minimum Gasteiger partial charge on any atom is -0.444 e. The van der Waals surface area contributed by atoms with Crippen molar-refractivity contribution in [3.63, 3.8) is 0 Å². The third-order valence-corrected chi connectivity index (χ3v) is 4.88. The van der Waals surface area contributed by atoms with E-state index in [4.69, 9.17) is 14.0 Å². The number of amides is 1. The van der Waals surface area contributed by atoms with Gasteiger partial charge in [-0.2, -0.15) is 0 Å². The Kier molecular flexibility index (Phi) is 5.79. The number of hydrogen-bond donors (Lipinski definition) is 0. The predicted molar refractivity (Wildman–Crippen MR) is 104 cm³/mol. The van der Waals surface area contributed by atoms with Crippen molar-refractivity contribution in [1.82, 2.24) is 4.90 Å². The third-order valence-electron chi connectivity index (χ3n) is 4.88. The number of nitrogens with zero attached hydrogens (tertiary/aromatic N) is 1. The Labute approximate surface area is 158 Å². The van der Waals surface area contributed by atoms with Crippen LogP contribution in [0, 0.1) is 0 Å². The van der Waals surface area contributed by atoms with Gasteiger partial charge in [-0.1, -0.05) is 24.3 Å². The van der Waals surface area contributed by atoms with Crippen LogP contribution in [-0.4, -0.2) is 41.5 Å². The zero-order valence-electron chi connectivity index (χ0n) is 17.4. The number of benzene rings is 1. The SMILES string of the molecule is CCN(Cc1cccc(B2OC(C)(C)C(C)(C)O2)c1)C(=O)OC(C)(C)C. The molecule has 6 heteroatoms. The average molecular weight is 361 g/mol. The van der Waals surface area contributed by atoms with Gasteiger partial charge in [0.2, 0.25) is 0 Å². The van der Waals surface area contributed by atoms with Crippen LogP contribution in [0.4, 0.5) is 4.79 Å². The van der Waals surface area contributed by atoms with Gasteiger partial charge in [-0.05, 0) is 66.4 Å². The maximum Gasteiger partial charge on any atom is 0.494 e. The van der Waals surface area contributed by atoms with E-state index < -0.39 is 12.7 Å². The fraction of sp³-hybridized carbons (Fsp3) is 0.650.